The van der Waals surface area contributed by atoms with E-state index in [-0.39, 0.29) is 0 Å². The van der Waals surface area contributed by atoms with Crippen molar-refractivity contribution in [2.45, 2.75) is 25.8 Å². The van der Waals surface area contributed by atoms with Gasteiger partial charge in [0.2, 0.25) is 0 Å². The first-order valence-electron chi connectivity index (χ1n) is 4.45. The van der Waals surface area contributed by atoms with Crippen molar-refractivity contribution >= 4 is 5.97 Å². The number of carboxylic acids is 1. The summed E-state index contributed by atoms with van der Waals surface area (Å²) in [5, 5.41) is 9.00. The third-order valence-electron chi connectivity index (χ3n) is 2.48. The second-order valence-electron chi connectivity index (χ2n) is 3.88. The lowest BCUT2D eigenvalue weighted by molar-refractivity contribution is -0.142. The SMILES string of the molecule is CC(C)(C(=O)O)c1cn2c(n1)OCC2. The molecule has 0 spiro atoms. The zero-order chi connectivity index (χ0) is 10.3. The first kappa shape index (κ1) is 9.05. The molecular weight excluding hydrogens is 184 g/mol. The van der Waals surface area contributed by atoms with E-state index in [0.717, 1.165) is 6.54 Å². The largest absolute Gasteiger partial charge is 0.481 e. The molecule has 5 heteroatoms. The maximum absolute atomic E-state index is 11.0. The van der Waals surface area contributed by atoms with E-state index in [0.29, 0.717) is 18.3 Å². The van der Waals surface area contributed by atoms with Gasteiger partial charge in [-0.3, -0.25) is 9.36 Å². The summed E-state index contributed by atoms with van der Waals surface area (Å²) in [6, 6.07) is 0.523. The molecule has 76 valence electrons. The molecule has 1 N–H and O–H groups in total. The van der Waals surface area contributed by atoms with E-state index in [9.17, 15) is 4.79 Å². The number of carboxylic acid groups (broad SMARTS) is 1. The van der Waals surface area contributed by atoms with Crippen molar-refractivity contribution in [3.05, 3.63) is 11.9 Å². The van der Waals surface area contributed by atoms with Gasteiger partial charge in [0, 0.05) is 6.20 Å². The summed E-state index contributed by atoms with van der Waals surface area (Å²) in [6.45, 7) is 4.63. The number of hydrogen-bond acceptors (Lipinski definition) is 3. The van der Waals surface area contributed by atoms with Gasteiger partial charge in [0.25, 0.3) is 6.01 Å². The Balaban J connectivity index is 2.38. The number of aromatic nitrogens is 2. The molecule has 1 aliphatic heterocycles. The molecule has 0 saturated heterocycles. The average molecular weight is 196 g/mol. The number of aliphatic carboxylic acids is 1. The normalized spacial score (nSPS) is 15.0. The van der Waals surface area contributed by atoms with Crippen LogP contribution in [0.15, 0.2) is 6.20 Å². The lowest BCUT2D eigenvalue weighted by Gasteiger charge is -2.15. The molecule has 2 rings (SSSR count). The minimum Gasteiger partial charge on any atom is -0.481 e. The molecule has 5 nitrogen and oxygen atoms in total. The Hall–Kier alpha value is -1.52. The van der Waals surface area contributed by atoms with E-state index in [4.69, 9.17) is 9.84 Å². The van der Waals surface area contributed by atoms with Gasteiger partial charge in [-0.2, -0.15) is 4.98 Å². The highest BCUT2D eigenvalue weighted by atomic mass is 16.5. The Kier molecular flexibility index (Phi) is 1.77. The number of hydrogen-bond donors (Lipinski definition) is 1. The maximum atomic E-state index is 11.0. The van der Waals surface area contributed by atoms with Gasteiger partial charge >= 0.3 is 5.97 Å². The van der Waals surface area contributed by atoms with E-state index in [1.807, 2.05) is 4.57 Å². The summed E-state index contributed by atoms with van der Waals surface area (Å²) in [5.74, 6) is -0.880. The summed E-state index contributed by atoms with van der Waals surface area (Å²) in [5.41, 5.74) is -0.416. The van der Waals surface area contributed by atoms with Crippen LogP contribution in [0.2, 0.25) is 0 Å². The van der Waals surface area contributed by atoms with Crippen LogP contribution in [0.1, 0.15) is 19.5 Å². The van der Waals surface area contributed by atoms with Crippen molar-refractivity contribution < 1.29 is 14.6 Å². The fourth-order valence-corrected chi connectivity index (χ4v) is 1.32. The van der Waals surface area contributed by atoms with Gasteiger partial charge in [0.05, 0.1) is 12.2 Å². The van der Waals surface area contributed by atoms with Crippen molar-refractivity contribution in [2.24, 2.45) is 0 Å². The smallest absolute Gasteiger partial charge is 0.315 e. The van der Waals surface area contributed by atoms with Gasteiger partial charge in [0.1, 0.15) is 12.0 Å². The molecule has 14 heavy (non-hydrogen) atoms. The average Bonchev–Trinajstić information content (AvgIpc) is 2.60. The van der Waals surface area contributed by atoms with Crippen molar-refractivity contribution in [2.75, 3.05) is 6.61 Å². The number of imidazole rings is 1. The topological polar surface area (TPSA) is 64.3 Å². The maximum Gasteiger partial charge on any atom is 0.315 e. The Bertz CT molecular complexity index is 360. The molecule has 1 aromatic heterocycles. The fraction of sp³-hybridized carbons (Fsp3) is 0.556. The zero-order valence-corrected chi connectivity index (χ0v) is 8.15. The Morgan fingerprint density at radius 1 is 1.71 bits per heavy atom. The molecule has 0 amide bonds. The monoisotopic (exact) mass is 196 g/mol. The van der Waals surface area contributed by atoms with Crippen molar-refractivity contribution in [1.29, 1.82) is 0 Å². The van der Waals surface area contributed by atoms with Crippen LogP contribution >= 0.6 is 0 Å². The van der Waals surface area contributed by atoms with E-state index in [2.05, 4.69) is 4.98 Å². The van der Waals surface area contributed by atoms with E-state index >= 15 is 0 Å². The Morgan fingerprint density at radius 2 is 2.43 bits per heavy atom. The second-order valence-corrected chi connectivity index (χ2v) is 3.88. The van der Waals surface area contributed by atoms with Gasteiger partial charge in [-0.1, -0.05) is 0 Å². The van der Waals surface area contributed by atoms with Crippen molar-refractivity contribution in [1.82, 2.24) is 9.55 Å². The minimum atomic E-state index is -0.958. The lowest BCUT2D eigenvalue weighted by Crippen LogP contribution is -2.29. The van der Waals surface area contributed by atoms with Crippen molar-refractivity contribution in [3.63, 3.8) is 0 Å². The summed E-state index contributed by atoms with van der Waals surface area (Å²) in [4.78, 5) is 15.1. The van der Waals surface area contributed by atoms with E-state index in [1.165, 1.54) is 0 Å². The number of rotatable bonds is 2. The van der Waals surface area contributed by atoms with Crippen LogP contribution in [-0.2, 0) is 16.8 Å². The molecule has 1 aliphatic rings. The Labute approximate surface area is 81.3 Å². The zero-order valence-electron chi connectivity index (χ0n) is 8.15. The van der Waals surface area contributed by atoms with Gasteiger partial charge in [-0.05, 0) is 13.8 Å². The summed E-state index contributed by atoms with van der Waals surface area (Å²) in [7, 11) is 0. The molecule has 0 aliphatic carbocycles. The van der Waals surface area contributed by atoms with Crippen LogP contribution < -0.4 is 4.74 Å². The van der Waals surface area contributed by atoms with Gasteiger partial charge in [0.15, 0.2) is 0 Å². The van der Waals surface area contributed by atoms with Crippen molar-refractivity contribution in [3.8, 4) is 6.01 Å². The third-order valence-corrected chi connectivity index (χ3v) is 2.48. The lowest BCUT2D eigenvalue weighted by atomic mass is 9.90. The highest BCUT2D eigenvalue weighted by molar-refractivity contribution is 5.79. The fourth-order valence-electron chi connectivity index (χ4n) is 1.32. The third kappa shape index (κ3) is 1.16. The van der Waals surface area contributed by atoms with E-state index in [1.54, 1.807) is 20.0 Å². The molecule has 0 bridgehead atoms. The molecule has 0 aromatic carbocycles. The number of ether oxygens (including phenoxy) is 1. The van der Waals surface area contributed by atoms with Crippen LogP contribution in [0, 0.1) is 0 Å². The number of fused-ring (bicyclic) bond motifs is 1. The molecule has 0 unspecified atom stereocenters. The van der Waals surface area contributed by atoms with Gasteiger partial charge in [-0.25, -0.2) is 0 Å². The van der Waals surface area contributed by atoms with Crippen LogP contribution in [0.5, 0.6) is 6.01 Å². The summed E-state index contributed by atoms with van der Waals surface area (Å²) in [6.07, 6.45) is 1.75. The predicted octanol–water partition coefficient (Wildman–Crippen LogP) is 0.638. The Morgan fingerprint density at radius 3 is 3.00 bits per heavy atom. The predicted molar refractivity (Wildman–Crippen MR) is 48.4 cm³/mol. The molecule has 1 aromatic rings. The van der Waals surface area contributed by atoms with Crippen LogP contribution in [0.4, 0.5) is 0 Å². The minimum absolute atomic E-state index is 0.523. The molecule has 2 heterocycles. The molecule has 0 radical (unpaired) electrons. The highest BCUT2D eigenvalue weighted by Crippen LogP contribution is 2.26. The number of carbonyl (C=O) groups is 1. The summed E-state index contributed by atoms with van der Waals surface area (Å²) >= 11 is 0. The molecule has 0 saturated carbocycles. The van der Waals surface area contributed by atoms with Crippen LogP contribution in [0.3, 0.4) is 0 Å². The first-order valence-corrected chi connectivity index (χ1v) is 4.45. The summed E-state index contributed by atoms with van der Waals surface area (Å²) < 4.78 is 7.05. The van der Waals surface area contributed by atoms with Crippen LogP contribution in [-0.4, -0.2) is 27.2 Å². The van der Waals surface area contributed by atoms with Crippen LogP contribution in [0.25, 0.3) is 0 Å². The molecule has 0 atom stereocenters. The number of nitrogens with zero attached hydrogens (tertiary/aromatic N) is 2. The highest BCUT2D eigenvalue weighted by Gasteiger charge is 2.34. The molecule has 0 fully saturated rings. The van der Waals surface area contributed by atoms with Gasteiger partial charge in [-0.15, -0.1) is 0 Å². The second kappa shape index (κ2) is 2.73. The van der Waals surface area contributed by atoms with E-state index < -0.39 is 11.4 Å². The quantitative estimate of drug-likeness (QED) is 0.753. The molecular formula is C9H12N2O3. The van der Waals surface area contributed by atoms with Gasteiger partial charge < -0.3 is 9.84 Å². The standard InChI is InChI=1S/C9H12N2O3/c1-9(2,7(12)13)6-5-11-3-4-14-8(11)10-6/h5H,3-4H2,1-2H3,(H,12,13). The first-order chi connectivity index (χ1) is 6.51.